The van der Waals surface area contributed by atoms with E-state index < -0.39 is 0 Å². The highest BCUT2D eigenvalue weighted by Crippen LogP contribution is 2.28. The molecule has 4 nitrogen and oxygen atoms in total. The maximum Gasteiger partial charge on any atom is 0.247 e. The summed E-state index contributed by atoms with van der Waals surface area (Å²) in [7, 11) is 0. The number of nitrogens with zero attached hydrogens (tertiary/aromatic N) is 2. The van der Waals surface area contributed by atoms with Crippen LogP contribution in [-0.2, 0) is 0 Å². The number of rotatable bonds is 5. The Morgan fingerprint density at radius 3 is 2.63 bits per heavy atom. The molecule has 19 heavy (non-hydrogen) atoms. The van der Waals surface area contributed by atoms with Gasteiger partial charge in [0.2, 0.25) is 11.8 Å². The zero-order valence-corrected chi connectivity index (χ0v) is 12.3. The van der Waals surface area contributed by atoms with E-state index in [9.17, 15) is 0 Å². The molecular weight excluding hydrogens is 285 g/mol. The molecular formula is C13H15Cl2N3O. The van der Waals surface area contributed by atoms with Crippen molar-refractivity contribution < 1.29 is 4.42 Å². The molecule has 0 aliphatic heterocycles. The molecule has 6 heteroatoms. The predicted molar refractivity (Wildman–Crippen MR) is 76.5 cm³/mol. The van der Waals surface area contributed by atoms with E-state index in [-0.39, 0.29) is 6.04 Å². The van der Waals surface area contributed by atoms with Gasteiger partial charge in [-0.25, -0.2) is 0 Å². The van der Waals surface area contributed by atoms with Crippen molar-refractivity contribution in [2.45, 2.75) is 26.3 Å². The molecule has 0 amide bonds. The van der Waals surface area contributed by atoms with Gasteiger partial charge in [0.25, 0.3) is 0 Å². The van der Waals surface area contributed by atoms with Crippen LogP contribution in [0.2, 0.25) is 10.0 Å². The number of aromatic nitrogens is 2. The first-order valence-electron chi connectivity index (χ1n) is 6.17. The molecule has 0 aliphatic carbocycles. The molecule has 0 aliphatic rings. The minimum Gasteiger partial charge on any atom is -0.419 e. The van der Waals surface area contributed by atoms with Gasteiger partial charge < -0.3 is 9.73 Å². The first-order chi connectivity index (χ1) is 9.15. The lowest BCUT2D eigenvalue weighted by Gasteiger charge is -2.10. The monoisotopic (exact) mass is 299 g/mol. The predicted octanol–water partition coefficient (Wildman–Crippen LogP) is 4.10. The largest absolute Gasteiger partial charge is 0.419 e. The molecule has 1 heterocycles. The van der Waals surface area contributed by atoms with Crippen molar-refractivity contribution in [2.24, 2.45) is 0 Å². The highest BCUT2D eigenvalue weighted by Gasteiger charge is 2.17. The summed E-state index contributed by atoms with van der Waals surface area (Å²) in [5.74, 6) is 1.04. The fourth-order valence-electron chi connectivity index (χ4n) is 1.77. The first-order valence-corrected chi connectivity index (χ1v) is 6.93. The minimum absolute atomic E-state index is 0.0778. The fraction of sp³-hybridized carbons (Fsp3) is 0.385. The van der Waals surface area contributed by atoms with Gasteiger partial charge in [-0.3, -0.25) is 0 Å². The van der Waals surface area contributed by atoms with Crippen LogP contribution in [-0.4, -0.2) is 16.7 Å². The summed E-state index contributed by atoms with van der Waals surface area (Å²) >= 11 is 11.9. The number of hydrogen-bond donors (Lipinski definition) is 1. The molecule has 1 aromatic carbocycles. The third kappa shape index (κ3) is 3.26. The fourth-order valence-corrected chi connectivity index (χ4v) is 2.07. The van der Waals surface area contributed by atoms with E-state index >= 15 is 0 Å². The van der Waals surface area contributed by atoms with Crippen LogP contribution in [0.4, 0.5) is 0 Å². The summed E-state index contributed by atoms with van der Waals surface area (Å²) in [6.07, 6.45) is 0.886. The number of hydrogen-bond acceptors (Lipinski definition) is 4. The van der Waals surface area contributed by atoms with Gasteiger partial charge in [0.1, 0.15) is 0 Å². The Hall–Kier alpha value is -1.10. The lowest BCUT2D eigenvalue weighted by molar-refractivity contribution is 0.402. The standard InChI is InChI=1S/C13H15Cl2N3O/c1-3-11(16-4-2)13-18-17-12(19-13)8-5-6-9(14)10(15)7-8/h5-7,11,16H,3-4H2,1-2H3. The third-order valence-corrected chi connectivity index (χ3v) is 3.50. The Morgan fingerprint density at radius 1 is 1.21 bits per heavy atom. The Morgan fingerprint density at radius 2 is 2.00 bits per heavy atom. The molecule has 1 unspecified atom stereocenters. The average molecular weight is 300 g/mol. The summed E-state index contributed by atoms with van der Waals surface area (Å²) in [6, 6.07) is 5.31. The van der Waals surface area contributed by atoms with E-state index in [1.54, 1.807) is 18.2 Å². The van der Waals surface area contributed by atoms with Crippen molar-refractivity contribution in [3.63, 3.8) is 0 Å². The molecule has 0 radical (unpaired) electrons. The van der Waals surface area contributed by atoms with Crippen molar-refractivity contribution in [3.05, 3.63) is 34.1 Å². The number of benzene rings is 1. The third-order valence-electron chi connectivity index (χ3n) is 2.76. The van der Waals surface area contributed by atoms with Crippen LogP contribution in [0.25, 0.3) is 11.5 Å². The summed E-state index contributed by atoms with van der Waals surface area (Å²) in [6.45, 7) is 4.96. The van der Waals surface area contributed by atoms with E-state index in [0.717, 1.165) is 18.5 Å². The quantitative estimate of drug-likeness (QED) is 0.903. The maximum atomic E-state index is 5.98. The van der Waals surface area contributed by atoms with Gasteiger partial charge in [-0.05, 0) is 31.2 Å². The molecule has 2 rings (SSSR count). The van der Waals surface area contributed by atoms with Gasteiger partial charge in [0, 0.05) is 5.56 Å². The van der Waals surface area contributed by atoms with Crippen LogP contribution >= 0.6 is 23.2 Å². The molecule has 0 bridgehead atoms. The minimum atomic E-state index is 0.0778. The molecule has 0 saturated carbocycles. The van der Waals surface area contributed by atoms with Gasteiger partial charge in [-0.1, -0.05) is 37.0 Å². The van der Waals surface area contributed by atoms with Crippen molar-refractivity contribution in [1.82, 2.24) is 15.5 Å². The zero-order valence-electron chi connectivity index (χ0n) is 10.8. The van der Waals surface area contributed by atoms with Crippen molar-refractivity contribution in [3.8, 4) is 11.5 Å². The van der Waals surface area contributed by atoms with Gasteiger partial charge in [-0.15, -0.1) is 10.2 Å². The van der Waals surface area contributed by atoms with Crippen LogP contribution in [0.3, 0.4) is 0 Å². The average Bonchev–Trinajstić information content (AvgIpc) is 2.88. The van der Waals surface area contributed by atoms with Crippen LogP contribution < -0.4 is 5.32 Å². The molecule has 0 fully saturated rings. The van der Waals surface area contributed by atoms with E-state index in [2.05, 4.69) is 22.4 Å². The lowest BCUT2D eigenvalue weighted by Crippen LogP contribution is -2.20. The van der Waals surface area contributed by atoms with Gasteiger partial charge >= 0.3 is 0 Å². The van der Waals surface area contributed by atoms with Crippen LogP contribution in [0.5, 0.6) is 0 Å². The van der Waals surface area contributed by atoms with Crippen molar-refractivity contribution >= 4 is 23.2 Å². The summed E-state index contributed by atoms with van der Waals surface area (Å²) in [5.41, 5.74) is 0.763. The second-order valence-electron chi connectivity index (χ2n) is 4.09. The normalized spacial score (nSPS) is 12.6. The second-order valence-corrected chi connectivity index (χ2v) is 4.91. The molecule has 1 N–H and O–H groups in total. The van der Waals surface area contributed by atoms with Crippen molar-refractivity contribution in [1.29, 1.82) is 0 Å². The summed E-state index contributed by atoms with van der Waals surface area (Å²) < 4.78 is 5.68. The smallest absolute Gasteiger partial charge is 0.247 e. The van der Waals surface area contributed by atoms with Gasteiger partial charge in [0.05, 0.1) is 16.1 Å². The van der Waals surface area contributed by atoms with Crippen molar-refractivity contribution in [2.75, 3.05) is 6.54 Å². The van der Waals surface area contributed by atoms with E-state index in [1.807, 2.05) is 6.92 Å². The molecule has 1 aromatic heterocycles. The van der Waals surface area contributed by atoms with Gasteiger partial charge in [0.15, 0.2) is 0 Å². The van der Waals surface area contributed by atoms with E-state index in [1.165, 1.54) is 0 Å². The van der Waals surface area contributed by atoms with E-state index in [4.69, 9.17) is 27.6 Å². The molecule has 0 spiro atoms. The first kappa shape index (κ1) is 14.3. The summed E-state index contributed by atoms with van der Waals surface area (Å²) in [5, 5.41) is 12.4. The highest BCUT2D eigenvalue weighted by atomic mass is 35.5. The molecule has 1 atom stereocenters. The Balaban J connectivity index is 2.27. The topological polar surface area (TPSA) is 51.0 Å². The Bertz CT molecular complexity index is 557. The van der Waals surface area contributed by atoms with Crippen LogP contribution in [0, 0.1) is 0 Å². The highest BCUT2D eigenvalue weighted by molar-refractivity contribution is 6.42. The Kier molecular flexibility index (Phi) is 4.80. The number of nitrogens with one attached hydrogen (secondary N) is 1. The second kappa shape index (κ2) is 6.37. The molecule has 2 aromatic rings. The lowest BCUT2D eigenvalue weighted by atomic mass is 10.2. The SMILES string of the molecule is CCNC(CC)c1nnc(-c2ccc(Cl)c(Cl)c2)o1. The summed E-state index contributed by atoms with van der Waals surface area (Å²) in [4.78, 5) is 0. The zero-order chi connectivity index (χ0) is 13.8. The van der Waals surface area contributed by atoms with E-state index in [0.29, 0.717) is 21.8 Å². The van der Waals surface area contributed by atoms with Crippen LogP contribution in [0.1, 0.15) is 32.2 Å². The Labute approximate surface area is 122 Å². The number of halogens is 2. The van der Waals surface area contributed by atoms with Gasteiger partial charge in [-0.2, -0.15) is 0 Å². The molecule has 0 saturated heterocycles. The maximum absolute atomic E-state index is 5.98. The molecule has 102 valence electrons. The van der Waals surface area contributed by atoms with Crippen LogP contribution in [0.15, 0.2) is 22.6 Å².